The number of aryl methyl sites for hydroxylation is 1. The second-order valence-electron chi connectivity index (χ2n) is 6.66. The lowest BCUT2D eigenvalue weighted by molar-refractivity contribution is 0.667. The van der Waals surface area contributed by atoms with Crippen molar-refractivity contribution in [2.75, 3.05) is 0 Å². The van der Waals surface area contributed by atoms with E-state index in [0.717, 1.165) is 40.4 Å². The topological polar surface area (TPSA) is 65.1 Å². The third kappa shape index (κ3) is 3.20. The summed E-state index contributed by atoms with van der Waals surface area (Å²) in [6.07, 6.45) is 3.71. The first-order valence-electron chi connectivity index (χ1n) is 9.20. The maximum atomic E-state index is 11.1. The van der Waals surface area contributed by atoms with Crippen molar-refractivity contribution >= 4 is 22.6 Å². The zero-order chi connectivity index (χ0) is 19.7. The minimum atomic E-state index is -0.438. The standard InChI is InChI=1S/C21H20ClN5O/c1-3-27-18-9-5-8-17(14(2)25-28)20(18)24-19(27)13-26-11-10-23-21(26)15-6-4-7-16(22)12-15/h4-12,14H,3,13H2,1-2H3. The van der Waals surface area contributed by atoms with E-state index >= 15 is 0 Å². The molecule has 0 spiro atoms. The second-order valence-corrected chi connectivity index (χ2v) is 7.09. The van der Waals surface area contributed by atoms with Crippen molar-refractivity contribution in [3.05, 3.63) is 76.2 Å². The van der Waals surface area contributed by atoms with E-state index in [0.29, 0.717) is 11.6 Å². The van der Waals surface area contributed by atoms with E-state index in [1.54, 1.807) is 13.1 Å². The van der Waals surface area contributed by atoms with E-state index in [9.17, 15) is 4.91 Å². The Labute approximate surface area is 167 Å². The van der Waals surface area contributed by atoms with E-state index < -0.39 is 6.04 Å². The van der Waals surface area contributed by atoms with Crippen LogP contribution in [0, 0.1) is 4.91 Å². The van der Waals surface area contributed by atoms with Gasteiger partial charge in [-0.1, -0.05) is 41.0 Å². The summed E-state index contributed by atoms with van der Waals surface area (Å²) >= 11 is 6.15. The molecular weight excluding hydrogens is 374 g/mol. The third-order valence-electron chi connectivity index (χ3n) is 4.92. The van der Waals surface area contributed by atoms with Crippen LogP contribution >= 0.6 is 11.6 Å². The maximum Gasteiger partial charge on any atom is 0.140 e. The van der Waals surface area contributed by atoms with Crippen molar-refractivity contribution in [3.8, 4) is 11.4 Å². The minimum Gasteiger partial charge on any atom is -0.327 e. The first-order valence-corrected chi connectivity index (χ1v) is 9.57. The molecule has 4 aromatic rings. The lowest BCUT2D eigenvalue weighted by Gasteiger charge is -2.10. The molecule has 0 bridgehead atoms. The van der Waals surface area contributed by atoms with Crippen LogP contribution in [0.1, 0.15) is 31.3 Å². The SMILES string of the molecule is CCn1c(Cn2ccnc2-c2cccc(Cl)c2)nc2c(C(C)N=O)cccc21. The van der Waals surface area contributed by atoms with Crippen LogP contribution in [0.4, 0.5) is 0 Å². The molecule has 0 saturated carbocycles. The quantitative estimate of drug-likeness (QED) is 0.409. The van der Waals surface area contributed by atoms with Gasteiger partial charge < -0.3 is 9.13 Å². The predicted molar refractivity (Wildman–Crippen MR) is 111 cm³/mol. The van der Waals surface area contributed by atoms with Gasteiger partial charge in [-0.25, -0.2) is 9.97 Å². The number of halogens is 1. The molecule has 0 N–H and O–H groups in total. The van der Waals surface area contributed by atoms with Crippen molar-refractivity contribution in [1.82, 2.24) is 19.1 Å². The highest BCUT2D eigenvalue weighted by molar-refractivity contribution is 6.30. The number of para-hydroxylation sites is 1. The molecule has 0 saturated heterocycles. The Morgan fingerprint density at radius 2 is 2.04 bits per heavy atom. The molecule has 6 nitrogen and oxygen atoms in total. The van der Waals surface area contributed by atoms with Gasteiger partial charge in [-0.3, -0.25) is 0 Å². The normalized spacial score (nSPS) is 12.4. The van der Waals surface area contributed by atoms with Crippen molar-refractivity contribution in [2.45, 2.75) is 33.0 Å². The van der Waals surface area contributed by atoms with Crippen LogP contribution in [0.25, 0.3) is 22.4 Å². The molecule has 0 amide bonds. The van der Waals surface area contributed by atoms with Gasteiger partial charge in [0.15, 0.2) is 0 Å². The highest BCUT2D eigenvalue weighted by Gasteiger charge is 2.17. The number of aromatic nitrogens is 4. The number of rotatable bonds is 6. The number of hydrogen-bond donors (Lipinski definition) is 0. The maximum absolute atomic E-state index is 11.1. The number of fused-ring (bicyclic) bond motifs is 1. The molecule has 0 aliphatic carbocycles. The Morgan fingerprint density at radius 1 is 1.21 bits per heavy atom. The van der Waals surface area contributed by atoms with Crippen LogP contribution in [0.15, 0.2) is 60.0 Å². The zero-order valence-corrected chi connectivity index (χ0v) is 16.5. The molecule has 1 atom stereocenters. The lowest BCUT2D eigenvalue weighted by atomic mass is 10.1. The fraction of sp³-hybridized carbons (Fsp3) is 0.238. The Morgan fingerprint density at radius 3 is 2.79 bits per heavy atom. The van der Waals surface area contributed by atoms with Crippen LogP contribution in [0.5, 0.6) is 0 Å². The van der Waals surface area contributed by atoms with Gasteiger partial charge in [0.1, 0.15) is 17.7 Å². The number of nitroso groups, excluding NO2 is 1. The first kappa shape index (κ1) is 18.4. The molecule has 0 fully saturated rings. The Kier molecular flexibility index (Phi) is 4.96. The van der Waals surface area contributed by atoms with E-state index in [-0.39, 0.29) is 0 Å². The lowest BCUT2D eigenvalue weighted by Crippen LogP contribution is -2.08. The first-order chi connectivity index (χ1) is 13.6. The van der Waals surface area contributed by atoms with Crippen LogP contribution < -0.4 is 0 Å². The molecule has 4 rings (SSSR count). The molecule has 0 aliphatic rings. The Bertz CT molecular complexity index is 1150. The van der Waals surface area contributed by atoms with Gasteiger partial charge >= 0.3 is 0 Å². The second kappa shape index (κ2) is 7.56. The fourth-order valence-electron chi connectivity index (χ4n) is 3.56. The van der Waals surface area contributed by atoms with Gasteiger partial charge in [0.05, 0.1) is 17.6 Å². The summed E-state index contributed by atoms with van der Waals surface area (Å²) in [5.41, 5.74) is 3.64. The van der Waals surface area contributed by atoms with Gasteiger partial charge in [-0.05, 0) is 32.0 Å². The molecule has 142 valence electrons. The number of benzene rings is 2. The van der Waals surface area contributed by atoms with Crippen molar-refractivity contribution < 1.29 is 0 Å². The number of hydrogen-bond acceptors (Lipinski definition) is 4. The molecule has 2 aromatic heterocycles. The van der Waals surface area contributed by atoms with E-state index in [1.165, 1.54) is 0 Å². The van der Waals surface area contributed by atoms with E-state index in [4.69, 9.17) is 16.6 Å². The molecule has 2 heterocycles. The highest BCUT2D eigenvalue weighted by Crippen LogP contribution is 2.28. The monoisotopic (exact) mass is 393 g/mol. The molecule has 0 radical (unpaired) electrons. The average molecular weight is 394 g/mol. The summed E-state index contributed by atoms with van der Waals surface area (Å²) in [6, 6.07) is 13.1. The van der Waals surface area contributed by atoms with Gasteiger partial charge in [0.25, 0.3) is 0 Å². The van der Waals surface area contributed by atoms with Crippen LogP contribution in [-0.4, -0.2) is 19.1 Å². The average Bonchev–Trinajstić information content (AvgIpc) is 3.31. The van der Waals surface area contributed by atoms with Crippen molar-refractivity contribution in [3.63, 3.8) is 0 Å². The molecule has 28 heavy (non-hydrogen) atoms. The van der Waals surface area contributed by atoms with Gasteiger partial charge in [0, 0.05) is 35.1 Å². The largest absolute Gasteiger partial charge is 0.327 e. The fourth-order valence-corrected chi connectivity index (χ4v) is 3.75. The van der Waals surface area contributed by atoms with Crippen LogP contribution in [-0.2, 0) is 13.1 Å². The zero-order valence-electron chi connectivity index (χ0n) is 15.7. The third-order valence-corrected chi connectivity index (χ3v) is 5.16. The number of nitrogens with zero attached hydrogens (tertiary/aromatic N) is 5. The van der Waals surface area contributed by atoms with E-state index in [2.05, 4.69) is 26.2 Å². The molecule has 0 aliphatic heterocycles. The Hall–Kier alpha value is -2.99. The summed E-state index contributed by atoms with van der Waals surface area (Å²) in [6.45, 7) is 5.22. The van der Waals surface area contributed by atoms with Gasteiger partial charge in [0.2, 0.25) is 0 Å². The van der Waals surface area contributed by atoms with Crippen LogP contribution in [0.3, 0.4) is 0 Å². The van der Waals surface area contributed by atoms with E-state index in [1.807, 2.05) is 48.7 Å². The van der Waals surface area contributed by atoms with Crippen LogP contribution in [0.2, 0.25) is 5.02 Å². The minimum absolute atomic E-state index is 0.438. The van der Waals surface area contributed by atoms with Crippen molar-refractivity contribution in [1.29, 1.82) is 0 Å². The summed E-state index contributed by atoms with van der Waals surface area (Å²) in [7, 11) is 0. The van der Waals surface area contributed by atoms with Gasteiger partial charge in [-0.15, -0.1) is 0 Å². The smallest absolute Gasteiger partial charge is 0.140 e. The summed E-state index contributed by atoms with van der Waals surface area (Å²) in [5, 5.41) is 3.86. The summed E-state index contributed by atoms with van der Waals surface area (Å²) in [5.74, 6) is 1.74. The molecule has 2 aromatic carbocycles. The predicted octanol–water partition coefficient (Wildman–Crippen LogP) is 5.45. The van der Waals surface area contributed by atoms with Gasteiger partial charge in [-0.2, -0.15) is 4.91 Å². The molecule has 1 unspecified atom stereocenters. The molecular formula is C21H20ClN5O. The molecule has 7 heteroatoms. The Balaban J connectivity index is 1.79. The summed E-state index contributed by atoms with van der Waals surface area (Å²) < 4.78 is 4.22. The number of imidazole rings is 2. The highest BCUT2D eigenvalue weighted by atomic mass is 35.5. The van der Waals surface area contributed by atoms with Crippen molar-refractivity contribution in [2.24, 2.45) is 5.18 Å². The summed E-state index contributed by atoms with van der Waals surface area (Å²) in [4.78, 5) is 20.5.